The van der Waals surface area contributed by atoms with E-state index in [1.807, 2.05) is 55.5 Å². The minimum atomic E-state index is 0.0771. The molecule has 0 saturated heterocycles. The molecule has 2 aromatic heterocycles. The number of fused-ring (bicyclic) bond motifs is 1. The minimum absolute atomic E-state index is 0.0771. The molecule has 5 nitrogen and oxygen atoms in total. The van der Waals surface area contributed by atoms with Crippen molar-refractivity contribution in [2.24, 2.45) is 5.92 Å². The summed E-state index contributed by atoms with van der Waals surface area (Å²) in [6, 6.07) is 19.3. The van der Waals surface area contributed by atoms with E-state index in [-0.39, 0.29) is 23.5 Å². The van der Waals surface area contributed by atoms with E-state index in [1.54, 1.807) is 6.07 Å². The second kappa shape index (κ2) is 10.5. The Morgan fingerprint density at radius 3 is 2.73 bits per heavy atom. The predicted octanol–water partition coefficient (Wildman–Crippen LogP) is 7.21. The van der Waals surface area contributed by atoms with E-state index >= 15 is 0 Å². The van der Waals surface area contributed by atoms with E-state index in [4.69, 9.17) is 11.4 Å². The molecule has 0 aliphatic heterocycles. The number of Topliss-reactive ketones (excluding diaryl/α,β-unsaturated/α-hetero) is 2. The Hall–Kier alpha value is -4.00. The highest BCUT2D eigenvalue weighted by Gasteiger charge is 2.29. The monoisotopic (exact) mass is 505 g/mol. The van der Waals surface area contributed by atoms with Gasteiger partial charge >= 0.3 is 0 Å². The van der Waals surface area contributed by atoms with Gasteiger partial charge in [-0.15, -0.1) is 17.8 Å². The number of nitriles is 1. The number of benzene rings is 2. The maximum absolute atomic E-state index is 13.0. The zero-order valence-electron chi connectivity index (χ0n) is 20.7. The maximum atomic E-state index is 13.0. The highest BCUT2D eigenvalue weighted by Crippen LogP contribution is 2.40. The molecule has 6 heteroatoms. The molecule has 1 fully saturated rings. The topological polar surface area (TPSA) is 75.8 Å². The Kier molecular flexibility index (Phi) is 7.04. The maximum Gasteiger partial charge on any atom is 0.173 e. The molecule has 0 bridgehead atoms. The van der Waals surface area contributed by atoms with Crippen molar-refractivity contribution >= 4 is 33.9 Å². The molecule has 1 aliphatic rings. The lowest BCUT2D eigenvalue weighted by atomic mass is 9.82. The first kappa shape index (κ1) is 24.7. The predicted molar refractivity (Wildman–Crippen MR) is 147 cm³/mol. The molecule has 0 spiro atoms. The Balaban J connectivity index is 1.53. The molecule has 0 amide bonds. The van der Waals surface area contributed by atoms with Gasteiger partial charge in [-0.05, 0) is 67.6 Å². The number of imidazole rings is 1. The summed E-state index contributed by atoms with van der Waals surface area (Å²) in [5.41, 5.74) is 3.69. The van der Waals surface area contributed by atoms with Crippen LogP contribution >= 0.6 is 11.3 Å². The Morgan fingerprint density at radius 1 is 1.14 bits per heavy atom. The number of hydrogen-bond donors (Lipinski definition) is 0. The summed E-state index contributed by atoms with van der Waals surface area (Å²) in [5.74, 6) is 3.82. The molecule has 0 unspecified atom stereocenters. The van der Waals surface area contributed by atoms with Crippen molar-refractivity contribution in [3.05, 3.63) is 75.5 Å². The van der Waals surface area contributed by atoms with E-state index in [1.165, 1.54) is 11.3 Å². The lowest BCUT2D eigenvalue weighted by Gasteiger charge is -2.31. The van der Waals surface area contributed by atoms with Gasteiger partial charge in [-0.25, -0.2) is 4.98 Å². The van der Waals surface area contributed by atoms with Gasteiger partial charge < -0.3 is 4.57 Å². The number of hydrogen-bond acceptors (Lipinski definition) is 5. The number of carbonyl (C=O) groups excluding carboxylic acids is 2. The number of ketones is 2. The summed E-state index contributed by atoms with van der Waals surface area (Å²) < 4.78 is 2.24. The fourth-order valence-electron chi connectivity index (χ4n) is 5.42. The molecule has 2 heterocycles. The van der Waals surface area contributed by atoms with Gasteiger partial charge in [0.2, 0.25) is 0 Å². The fourth-order valence-corrected chi connectivity index (χ4v) is 6.19. The van der Waals surface area contributed by atoms with Crippen LogP contribution in [0.2, 0.25) is 0 Å². The lowest BCUT2D eigenvalue weighted by molar-refractivity contribution is 0.0944. The highest BCUT2D eigenvalue weighted by molar-refractivity contribution is 7.14. The quantitative estimate of drug-likeness (QED) is 0.196. The Bertz CT molecular complexity index is 1580. The lowest BCUT2D eigenvalue weighted by Crippen LogP contribution is -2.22. The molecular weight excluding hydrogens is 478 g/mol. The summed E-state index contributed by atoms with van der Waals surface area (Å²) in [5, 5.41) is 9.79. The fraction of sp³-hybridized carbons (Fsp3) is 0.290. The van der Waals surface area contributed by atoms with Crippen LogP contribution in [0.3, 0.4) is 0 Å². The normalized spacial score (nSPS) is 17.3. The standard InChI is InChI=1S/C31H27N3O2S/c1-3-24-13-15-30(37-24)29(36)17-20-8-7-10-23(16-20)34-27-14-12-21(28(35)4-2)18-26(27)33-31(34)25-11-6-5-9-22(25)19-32/h1,5-6,9,11-15,18,20,23H,4,7-8,10,16-17H2,2H3/t20-,23+/m1/s1. The number of thiophene rings is 1. The van der Waals surface area contributed by atoms with Crippen molar-refractivity contribution in [3.8, 4) is 29.8 Å². The van der Waals surface area contributed by atoms with Crippen molar-refractivity contribution in [1.29, 1.82) is 5.26 Å². The summed E-state index contributed by atoms with van der Waals surface area (Å²) in [7, 11) is 0. The van der Waals surface area contributed by atoms with E-state index < -0.39 is 0 Å². The van der Waals surface area contributed by atoms with E-state index in [9.17, 15) is 14.9 Å². The summed E-state index contributed by atoms with van der Waals surface area (Å²) in [4.78, 5) is 31.9. The smallest absolute Gasteiger partial charge is 0.173 e. The van der Waals surface area contributed by atoms with Crippen LogP contribution in [-0.4, -0.2) is 21.1 Å². The van der Waals surface area contributed by atoms with E-state index in [0.717, 1.165) is 57.9 Å². The molecule has 0 radical (unpaired) electrons. The van der Waals surface area contributed by atoms with Gasteiger partial charge in [-0.2, -0.15) is 5.26 Å². The zero-order chi connectivity index (χ0) is 25.9. The molecule has 2 atom stereocenters. The van der Waals surface area contributed by atoms with Crippen molar-refractivity contribution in [2.45, 2.75) is 51.5 Å². The van der Waals surface area contributed by atoms with Crippen molar-refractivity contribution < 1.29 is 9.59 Å². The van der Waals surface area contributed by atoms with Crippen LogP contribution in [0.15, 0.2) is 54.6 Å². The Morgan fingerprint density at radius 2 is 1.97 bits per heavy atom. The van der Waals surface area contributed by atoms with Gasteiger partial charge in [-0.3, -0.25) is 9.59 Å². The first-order chi connectivity index (χ1) is 18.0. The van der Waals surface area contributed by atoms with Crippen molar-refractivity contribution in [1.82, 2.24) is 9.55 Å². The van der Waals surface area contributed by atoms with Gasteiger partial charge in [0.25, 0.3) is 0 Å². The van der Waals surface area contributed by atoms with Crippen molar-refractivity contribution in [3.63, 3.8) is 0 Å². The molecule has 0 N–H and O–H groups in total. The van der Waals surface area contributed by atoms with Crippen LogP contribution in [0.4, 0.5) is 0 Å². The van der Waals surface area contributed by atoms with Gasteiger partial charge in [0.05, 0.1) is 32.4 Å². The van der Waals surface area contributed by atoms with Gasteiger partial charge in [0, 0.05) is 30.0 Å². The third-order valence-corrected chi connectivity index (χ3v) is 8.30. The molecule has 4 aromatic rings. The number of aromatic nitrogens is 2. The van der Waals surface area contributed by atoms with E-state index in [0.29, 0.717) is 24.0 Å². The number of terminal acetylenes is 1. The van der Waals surface area contributed by atoms with Gasteiger partial charge in [-0.1, -0.05) is 31.4 Å². The highest BCUT2D eigenvalue weighted by atomic mass is 32.1. The van der Waals surface area contributed by atoms with Crippen LogP contribution in [0.25, 0.3) is 22.4 Å². The molecule has 1 aliphatic carbocycles. The third-order valence-electron chi connectivity index (χ3n) is 7.24. The number of nitrogens with zero attached hydrogens (tertiary/aromatic N) is 3. The molecule has 5 rings (SSSR count). The van der Waals surface area contributed by atoms with Crippen LogP contribution in [0, 0.1) is 29.6 Å². The van der Waals surface area contributed by atoms with E-state index in [2.05, 4.69) is 16.6 Å². The van der Waals surface area contributed by atoms with Crippen LogP contribution in [-0.2, 0) is 0 Å². The molecule has 37 heavy (non-hydrogen) atoms. The second-order valence-electron chi connectivity index (χ2n) is 9.57. The summed E-state index contributed by atoms with van der Waals surface area (Å²) in [6.07, 6.45) is 10.2. The molecular formula is C31H27N3O2S. The number of rotatable bonds is 7. The first-order valence-corrected chi connectivity index (χ1v) is 13.5. The van der Waals surface area contributed by atoms with Crippen LogP contribution in [0.1, 0.15) is 82.0 Å². The number of carbonyl (C=O) groups is 2. The molecule has 2 aromatic carbocycles. The third kappa shape index (κ3) is 4.86. The van der Waals surface area contributed by atoms with Gasteiger partial charge in [0.15, 0.2) is 11.6 Å². The SMILES string of the molecule is C#Cc1ccc(C(=O)C[C@@H]2CCC[C@H](n3c(-c4ccccc4C#N)nc4cc(C(=O)CC)ccc43)C2)s1. The van der Waals surface area contributed by atoms with Crippen molar-refractivity contribution in [2.75, 3.05) is 0 Å². The molecule has 184 valence electrons. The van der Waals surface area contributed by atoms with Gasteiger partial charge in [0.1, 0.15) is 5.82 Å². The largest absolute Gasteiger partial charge is 0.321 e. The first-order valence-electron chi connectivity index (χ1n) is 12.7. The average Bonchev–Trinajstić information content (AvgIpc) is 3.57. The Labute approximate surface area is 220 Å². The zero-order valence-corrected chi connectivity index (χ0v) is 21.6. The summed E-state index contributed by atoms with van der Waals surface area (Å²) in [6.45, 7) is 1.85. The minimum Gasteiger partial charge on any atom is -0.321 e. The van der Waals surface area contributed by atoms with Crippen LogP contribution in [0.5, 0.6) is 0 Å². The van der Waals surface area contributed by atoms with Crippen LogP contribution < -0.4 is 0 Å². The molecule has 1 saturated carbocycles. The average molecular weight is 506 g/mol. The second-order valence-corrected chi connectivity index (χ2v) is 10.6. The summed E-state index contributed by atoms with van der Waals surface area (Å²) >= 11 is 1.38.